The fraction of sp³-hybridized carbons (Fsp3) is 0.571. The van der Waals surface area contributed by atoms with Gasteiger partial charge in [-0.15, -0.1) is 0 Å². The molecule has 2 saturated heterocycles. The molecular formula is C14H18O6. The van der Waals surface area contributed by atoms with Crippen molar-refractivity contribution in [1.29, 1.82) is 0 Å². The van der Waals surface area contributed by atoms with Crippen molar-refractivity contribution < 1.29 is 29.2 Å². The molecule has 2 fully saturated rings. The van der Waals surface area contributed by atoms with E-state index < -0.39 is 37.0 Å². The Morgan fingerprint density at radius 2 is 1.85 bits per heavy atom. The number of rotatable bonds is 2. The average molecular weight is 282 g/mol. The maximum absolute atomic E-state index is 10.1. The van der Waals surface area contributed by atoms with Crippen LogP contribution in [-0.4, -0.2) is 54.6 Å². The average Bonchev–Trinajstić information content (AvgIpc) is 2.51. The third-order valence-electron chi connectivity index (χ3n) is 3.64. The second-order valence-electron chi connectivity index (χ2n) is 4.94. The predicted octanol–water partition coefficient (Wildman–Crippen LogP) is 0.194. The summed E-state index contributed by atoms with van der Waals surface area (Å²) in [6.07, 6.45) is -4.76. The lowest BCUT2D eigenvalue weighted by molar-refractivity contribution is -0.358. The zero-order valence-corrected chi connectivity index (χ0v) is 11.1. The highest BCUT2D eigenvalue weighted by molar-refractivity contribution is 5.16. The van der Waals surface area contributed by atoms with Gasteiger partial charge in [0.1, 0.15) is 24.4 Å². The van der Waals surface area contributed by atoms with Crippen LogP contribution in [0.25, 0.3) is 0 Å². The van der Waals surface area contributed by atoms with Crippen LogP contribution in [0.1, 0.15) is 11.9 Å². The summed E-state index contributed by atoms with van der Waals surface area (Å²) in [5.41, 5.74) is 0.863. The molecule has 20 heavy (non-hydrogen) atoms. The van der Waals surface area contributed by atoms with Crippen LogP contribution >= 0.6 is 0 Å². The van der Waals surface area contributed by atoms with Crippen LogP contribution in [0.2, 0.25) is 0 Å². The molecule has 3 rings (SSSR count). The van der Waals surface area contributed by atoms with Gasteiger partial charge in [-0.3, -0.25) is 0 Å². The van der Waals surface area contributed by atoms with Gasteiger partial charge in [0, 0.05) is 12.7 Å². The van der Waals surface area contributed by atoms with Gasteiger partial charge in [0.15, 0.2) is 12.6 Å². The first-order valence-electron chi connectivity index (χ1n) is 6.57. The fourth-order valence-corrected chi connectivity index (χ4v) is 2.55. The van der Waals surface area contributed by atoms with E-state index in [1.807, 2.05) is 30.3 Å². The van der Waals surface area contributed by atoms with Gasteiger partial charge in [-0.2, -0.15) is 0 Å². The molecule has 0 radical (unpaired) electrons. The van der Waals surface area contributed by atoms with Crippen LogP contribution in [0.3, 0.4) is 0 Å². The van der Waals surface area contributed by atoms with E-state index in [2.05, 4.69) is 0 Å². The predicted molar refractivity (Wildman–Crippen MR) is 67.7 cm³/mol. The van der Waals surface area contributed by atoms with E-state index in [1.165, 1.54) is 7.11 Å². The van der Waals surface area contributed by atoms with Crippen LogP contribution in [0, 0.1) is 0 Å². The lowest BCUT2D eigenvalue weighted by Gasteiger charge is -2.45. The van der Waals surface area contributed by atoms with Gasteiger partial charge in [-0.05, 0) is 0 Å². The standard InChI is InChI=1S/C14H18O6/c1-17-14-11(16)10(15)12-9(19-14)7-18-13(20-12)8-5-3-2-4-6-8/h2-6,9-16H,7H2,1H3/t9-,10-,11+,12-,13+,14-/m1/s1. The van der Waals surface area contributed by atoms with Gasteiger partial charge in [-0.25, -0.2) is 0 Å². The molecule has 0 aromatic heterocycles. The number of aliphatic hydroxyl groups excluding tert-OH is 2. The number of ether oxygens (including phenoxy) is 4. The minimum absolute atomic E-state index is 0.272. The minimum Gasteiger partial charge on any atom is -0.387 e. The van der Waals surface area contributed by atoms with Crippen LogP contribution < -0.4 is 0 Å². The Kier molecular flexibility index (Phi) is 4.02. The van der Waals surface area contributed by atoms with Crippen molar-refractivity contribution in [1.82, 2.24) is 0 Å². The molecule has 6 atom stereocenters. The first-order chi connectivity index (χ1) is 9.70. The smallest absolute Gasteiger partial charge is 0.186 e. The normalized spacial score (nSPS) is 41.1. The Morgan fingerprint density at radius 1 is 1.10 bits per heavy atom. The second-order valence-corrected chi connectivity index (χ2v) is 4.94. The molecular weight excluding hydrogens is 264 g/mol. The summed E-state index contributed by atoms with van der Waals surface area (Å²) in [6.45, 7) is 0.272. The molecule has 0 bridgehead atoms. The van der Waals surface area contributed by atoms with Gasteiger partial charge in [-0.1, -0.05) is 30.3 Å². The SMILES string of the molecule is CO[C@@H]1O[C@@H]2CO[C@H](c3ccccc3)O[C@H]2[C@H](O)[C@@H]1O. The second kappa shape index (κ2) is 5.77. The molecule has 2 N–H and O–H groups in total. The van der Waals surface area contributed by atoms with E-state index >= 15 is 0 Å². The van der Waals surface area contributed by atoms with E-state index in [0.29, 0.717) is 0 Å². The minimum atomic E-state index is -1.14. The molecule has 110 valence electrons. The molecule has 6 nitrogen and oxygen atoms in total. The van der Waals surface area contributed by atoms with Gasteiger partial charge in [0.2, 0.25) is 0 Å². The molecule has 1 aromatic rings. The topological polar surface area (TPSA) is 77.4 Å². The Hall–Kier alpha value is -1.02. The fourth-order valence-electron chi connectivity index (χ4n) is 2.55. The number of fused-ring (bicyclic) bond motifs is 1. The number of hydrogen-bond acceptors (Lipinski definition) is 6. The lowest BCUT2D eigenvalue weighted by Crippen LogP contribution is -2.62. The first-order valence-corrected chi connectivity index (χ1v) is 6.57. The molecule has 1 aromatic carbocycles. The van der Waals surface area contributed by atoms with Crippen LogP contribution in [-0.2, 0) is 18.9 Å². The Morgan fingerprint density at radius 3 is 2.55 bits per heavy atom. The summed E-state index contributed by atoms with van der Waals surface area (Å²) in [4.78, 5) is 0. The monoisotopic (exact) mass is 282 g/mol. The van der Waals surface area contributed by atoms with Crippen LogP contribution in [0.5, 0.6) is 0 Å². The highest BCUT2D eigenvalue weighted by atomic mass is 16.7. The molecule has 0 saturated carbocycles. The zero-order chi connectivity index (χ0) is 14.1. The molecule has 6 heteroatoms. The molecule has 0 amide bonds. The van der Waals surface area contributed by atoms with Gasteiger partial charge >= 0.3 is 0 Å². The van der Waals surface area contributed by atoms with E-state index in [9.17, 15) is 10.2 Å². The maximum atomic E-state index is 10.1. The lowest BCUT2D eigenvalue weighted by atomic mass is 9.98. The Bertz CT molecular complexity index is 437. The van der Waals surface area contributed by atoms with Crippen molar-refractivity contribution in [3.63, 3.8) is 0 Å². The molecule has 0 aliphatic carbocycles. The summed E-state index contributed by atoms with van der Waals surface area (Å²) >= 11 is 0. The molecule has 2 heterocycles. The third kappa shape index (κ3) is 2.46. The number of benzene rings is 1. The number of methoxy groups -OCH3 is 1. The first kappa shape index (κ1) is 13.9. The van der Waals surface area contributed by atoms with E-state index in [0.717, 1.165) is 5.56 Å². The largest absolute Gasteiger partial charge is 0.387 e. The van der Waals surface area contributed by atoms with Gasteiger partial charge in [0.05, 0.1) is 6.61 Å². The van der Waals surface area contributed by atoms with Crippen molar-refractivity contribution in [3.8, 4) is 0 Å². The summed E-state index contributed by atoms with van der Waals surface area (Å²) in [5, 5.41) is 20.1. The Balaban J connectivity index is 1.74. The summed E-state index contributed by atoms with van der Waals surface area (Å²) in [5.74, 6) is 0. The maximum Gasteiger partial charge on any atom is 0.186 e. The van der Waals surface area contributed by atoms with E-state index in [-0.39, 0.29) is 6.61 Å². The van der Waals surface area contributed by atoms with Crippen molar-refractivity contribution in [2.24, 2.45) is 0 Å². The van der Waals surface area contributed by atoms with Crippen LogP contribution in [0.4, 0.5) is 0 Å². The number of hydrogen-bond donors (Lipinski definition) is 2. The van der Waals surface area contributed by atoms with Gasteiger partial charge in [0.25, 0.3) is 0 Å². The summed E-state index contributed by atoms with van der Waals surface area (Å²) < 4.78 is 21.9. The molecule has 2 aliphatic heterocycles. The van der Waals surface area contributed by atoms with Crippen molar-refractivity contribution in [2.75, 3.05) is 13.7 Å². The molecule has 0 spiro atoms. The zero-order valence-electron chi connectivity index (χ0n) is 11.1. The van der Waals surface area contributed by atoms with Crippen molar-refractivity contribution in [2.45, 2.75) is 37.0 Å². The molecule has 0 unspecified atom stereocenters. The third-order valence-corrected chi connectivity index (χ3v) is 3.64. The summed E-state index contributed by atoms with van der Waals surface area (Å²) in [7, 11) is 1.41. The van der Waals surface area contributed by atoms with Gasteiger partial charge < -0.3 is 29.2 Å². The van der Waals surface area contributed by atoms with Crippen molar-refractivity contribution in [3.05, 3.63) is 35.9 Å². The van der Waals surface area contributed by atoms with Crippen molar-refractivity contribution >= 4 is 0 Å². The van der Waals surface area contributed by atoms with E-state index in [4.69, 9.17) is 18.9 Å². The quantitative estimate of drug-likeness (QED) is 0.806. The molecule has 2 aliphatic rings. The Labute approximate surface area is 116 Å². The number of aliphatic hydroxyl groups is 2. The summed E-state index contributed by atoms with van der Waals surface area (Å²) in [6, 6.07) is 9.45. The highest BCUT2D eigenvalue weighted by Gasteiger charge is 2.48. The van der Waals surface area contributed by atoms with Crippen LogP contribution in [0.15, 0.2) is 30.3 Å². The highest BCUT2D eigenvalue weighted by Crippen LogP contribution is 2.33. The van der Waals surface area contributed by atoms with E-state index in [1.54, 1.807) is 0 Å².